The van der Waals surface area contributed by atoms with Crippen LogP contribution in [0, 0.1) is 11.8 Å². The predicted octanol–water partition coefficient (Wildman–Crippen LogP) is 6.75. The summed E-state index contributed by atoms with van der Waals surface area (Å²) in [6.45, 7) is 6.11. The van der Waals surface area contributed by atoms with E-state index in [1.165, 1.54) is 21.6 Å². The summed E-state index contributed by atoms with van der Waals surface area (Å²) >= 11 is 0. The fourth-order valence-electron chi connectivity index (χ4n) is 1.27. The molecule has 0 saturated heterocycles. The monoisotopic (exact) mass is 545 g/mol. The van der Waals surface area contributed by atoms with Crippen molar-refractivity contribution >= 4 is 55.6 Å². The third-order valence-electron chi connectivity index (χ3n) is 2.71. The summed E-state index contributed by atoms with van der Waals surface area (Å²) in [7, 11) is 5.05. The van der Waals surface area contributed by atoms with Crippen molar-refractivity contribution in [3.05, 3.63) is 0 Å². The third-order valence-corrected chi connectivity index (χ3v) is 16.6. The molecule has 4 nitrogen and oxygen atoms in total. The number of hydrogen-bond acceptors (Lipinski definition) is 8. The Bertz CT molecular complexity index is 391. The summed E-state index contributed by atoms with van der Waals surface area (Å²) in [4.78, 5) is 22.7. The zero-order valence-electron chi connectivity index (χ0n) is 17.3. The minimum Gasteiger partial charge on any atom is -0.791 e. The van der Waals surface area contributed by atoms with E-state index < -0.39 is 13.1 Å². The van der Waals surface area contributed by atoms with Crippen LogP contribution in [0.25, 0.3) is 0 Å². The van der Waals surface area contributed by atoms with Gasteiger partial charge in [-0.2, -0.15) is 0 Å². The Morgan fingerprint density at radius 2 is 1.04 bits per heavy atom. The van der Waals surface area contributed by atoms with Gasteiger partial charge in [-0.3, -0.25) is 0 Å². The first kappa shape index (κ1) is 33.9. The van der Waals surface area contributed by atoms with Crippen LogP contribution >= 0.6 is 55.6 Å². The van der Waals surface area contributed by atoms with Crippen LogP contribution in [0.1, 0.15) is 67.2 Å². The van der Waals surface area contributed by atoms with Gasteiger partial charge in [0.05, 0.1) is 13.1 Å². The van der Waals surface area contributed by atoms with Crippen LogP contribution in [0.4, 0.5) is 0 Å². The summed E-state index contributed by atoms with van der Waals surface area (Å²) in [5.41, 5.74) is 0. The molecule has 169 valence electrons. The average molecular weight is 546 g/mol. The molecule has 0 bridgehead atoms. The quantitative estimate of drug-likeness (QED) is 0.135. The fourth-order valence-corrected chi connectivity index (χ4v) is 13.3. The first-order valence-corrected chi connectivity index (χ1v) is 18.6. The molecule has 0 saturated carbocycles. The van der Waals surface area contributed by atoms with E-state index in [-0.39, 0.29) is 17.1 Å². The molecule has 0 rings (SSSR count). The predicted molar refractivity (Wildman–Crippen MR) is 125 cm³/mol. The first-order valence-electron chi connectivity index (χ1n) is 9.18. The van der Waals surface area contributed by atoms with E-state index in [2.05, 4.69) is 27.7 Å². The van der Waals surface area contributed by atoms with Crippen LogP contribution in [0.5, 0.6) is 0 Å². The second-order valence-electron chi connectivity index (χ2n) is 6.88. The maximum atomic E-state index is 11.3. The summed E-state index contributed by atoms with van der Waals surface area (Å²) in [6, 6.07) is 0. The van der Waals surface area contributed by atoms with Crippen LogP contribution in [0.2, 0.25) is 0 Å². The molecular formula is C16H36CuO4P2S4. The largest absolute Gasteiger partial charge is 2.00 e. The van der Waals surface area contributed by atoms with E-state index >= 15 is 0 Å². The second kappa shape index (κ2) is 20.2. The maximum Gasteiger partial charge on any atom is 2.00 e. The molecule has 0 spiro atoms. The molecule has 0 N–H and O–H groups in total. The third kappa shape index (κ3) is 28.3. The Morgan fingerprint density at radius 1 is 0.741 bits per heavy atom. The topological polar surface area (TPSA) is 80.3 Å². The zero-order valence-corrected chi connectivity index (χ0v) is 23.3. The molecular weight excluding hydrogens is 510 g/mol. The Hall–Kier alpha value is 2.30. The number of rotatable bonds is 14. The fraction of sp³-hybridized carbons (Fsp3) is 1.00. The van der Waals surface area contributed by atoms with Crippen LogP contribution in [-0.2, 0) is 26.2 Å². The van der Waals surface area contributed by atoms with Crippen molar-refractivity contribution in [3.63, 3.8) is 0 Å². The van der Waals surface area contributed by atoms with Crippen molar-refractivity contribution in [2.24, 2.45) is 11.8 Å². The average Bonchev–Trinajstić information content (AvgIpc) is 2.50. The molecule has 2 atom stereocenters. The standard InChI is InChI=1S/2C8H19O2PS2.Cu/c2*1-4-5-6-11(9,10)13-12-7-8(2)3;/h2*8H,4-7H2,1-3H3,(H,9,10);/q;;+2/p-2. The number of unbranched alkanes of at least 4 members (excludes halogenated alkanes) is 2. The van der Waals surface area contributed by atoms with Gasteiger partial charge in [0.25, 0.3) is 0 Å². The molecule has 11 heteroatoms. The van der Waals surface area contributed by atoms with Crippen molar-refractivity contribution in [3.8, 4) is 0 Å². The first-order chi connectivity index (χ1) is 12.0. The minimum atomic E-state index is -3.14. The van der Waals surface area contributed by atoms with Gasteiger partial charge in [-0.05, 0) is 57.8 Å². The van der Waals surface area contributed by atoms with Crippen LogP contribution in [0.3, 0.4) is 0 Å². The molecule has 0 aromatic carbocycles. The molecule has 0 aliphatic rings. The summed E-state index contributed by atoms with van der Waals surface area (Å²) in [6.07, 6.45) is 4.16. The van der Waals surface area contributed by atoms with Gasteiger partial charge in [-0.1, -0.05) is 76.0 Å². The van der Waals surface area contributed by atoms with Gasteiger partial charge < -0.3 is 18.9 Å². The molecule has 0 aliphatic heterocycles. The zero-order chi connectivity index (χ0) is 20.6. The molecule has 0 aromatic rings. The molecule has 0 aromatic heterocycles. The van der Waals surface area contributed by atoms with Gasteiger partial charge in [0.15, 0.2) is 0 Å². The van der Waals surface area contributed by atoms with Crippen LogP contribution < -0.4 is 9.79 Å². The van der Waals surface area contributed by atoms with Gasteiger partial charge in [0, 0.05) is 11.5 Å². The molecule has 1 radical (unpaired) electrons. The van der Waals surface area contributed by atoms with Gasteiger partial charge in [-0.15, -0.1) is 0 Å². The van der Waals surface area contributed by atoms with E-state index in [0.717, 1.165) is 58.0 Å². The molecule has 0 amide bonds. The van der Waals surface area contributed by atoms with Gasteiger partial charge >= 0.3 is 17.1 Å². The second-order valence-corrected chi connectivity index (χ2v) is 20.0. The van der Waals surface area contributed by atoms with E-state index in [1.54, 1.807) is 0 Å². The Kier molecular flexibility index (Phi) is 25.4. The number of hydrogen-bond donors (Lipinski definition) is 0. The minimum absolute atomic E-state index is 0. The maximum absolute atomic E-state index is 11.3. The van der Waals surface area contributed by atoms with E-state index in [4.69, 9.17) is 0 Å². The van der Waals surface area contributed by atoms with Crippen molar-refractivity contribution in [2.45, 2.75) is 67.2 Å². The Morgan fingerprint density at radius 3 is 1.26 bits per heavy atom. The smallest absolute Gasteiger partial charge is 0.791 e. The van der Waals surface area contributed by atoms with Gasteiger partial charge in [0.2, 0.25) is 0 Å². The van der Waals surface area contributed by atoms with Gasteiger partial charge in [0.1, 0.15) is 0 Å². The van der Waals surface area contributed by atoms with E-state index in [9.17, 15) is 18.9 Å². The van der Waals surface area contributed by atoms with Crippen LogP contribution in [-0.4, -0.2) is 23.8 Å². The summed E-state index contributed by atoms with van der Waals surface area (Å²) in [5.74, 6) is 2.93. The van der Waals surface area contributed by atoms with Crippen molar-refractivity contribution in [1.29, 1.82) is 0 Å². The Labute approximate surface area is 193 Å². The molecule has 0 fully saturated rings. The molecule has 0 aliphatic carbocycles. The molecule has 27 heavy (non-hydrogen) atoms. The Balaban J connectivity index is -0.000000411. The molecule has 2 unspecified atom stereocenters. The normalized spacial score (nSPS) is 15.5. The summed E-state index contributed by atoms with van der Waals surface area (Å²) < 4.78 is 22.7. The van der Waals surface area contributed by atoms with Crippen molar-refractivity contribution in [1.82, 2.24) is 0 Å². The van der Waals surface area contributed by atoms with Crippen molar-refractivity contribution < 1.29 is 36.0 Å². The van der Waals surface area contributed by atoms with Crippen LogP contribution in [0.15, 0.2) is 0 Å². The SMILES string of the molecule is CCCCP(=O)([O-])SSCC(C)C.CCCCP(=O)([O-])SSCC(C)C.[Cu+2]. The van der Waals surface area contributed by atoms with Crippen molar-refractivity contribution in [2.75, 3.05) is 23.8 Å². The van der Waals surface area contributed by atoms with E-state index in [0.29, 0.717) is 24.2 Å². The van der Waals surface area contributed by atoms with Gasteiger partial charge in [-0.25, -0.2) is 0 Å². The van der Waals surface area contributed by atoms with E-state index in [1.807, 2.05) is 13.8 Å². The summed E-state index contributed by atoms with van der Waals surface area (Å²) in [5, 5.41) is 0. The molecule has 0 heterocycles.